The van der Waals surface area contributed by atoms with E-state index in [0.29, 0.717) is 12.2 Å². The Labute approximate surface area is 86.4 Å². The van der Waals surface area contributed by atoms with Gasteiger partial charge >= 0.3 is 0 Å². The average molecular weight is 228 g/mol. The zero-order valence-electron chi connectivity index (χ0n) is 7.90. The number of nitrogens with two attached hydrogens (primary N) is 1. The van der Waals surface area contributed by atoms with Crippen LogP contribution < -0.4 is 5.73 Å². The summed E-state index contributed by atoms with van der Waals surface area (Å²) in [6.07, 6.45) is 3.30. The summed E-state index contributed by atoms with van der Waals surface area (Å²) in [6.45, 7) is 1.89. The van der Waals surface area contributed by atoms with Gasteiger partial charge in [0.05, 0.1) is 11.0 Å². The maximum atomic E-state index is 11.6. The molecule has 80 valence electrons. The van der Waals surface area contributed by atoms with Crippen molar-refractivity contribution in [2.24, 2.45) is 5.73 Å². The van der Waals surface area contributed by atoms with Gasteiger partial charge in [0.1, 0.15) is 0 Å². The fraction of sp³-hybridized carbons (Fsp3) is 1.00. The van der Waals surface area contributed by atoms with E-state index in [0.717, 1.165) is 19.3 Å². The highest BCUT2D eigenvalue weighted by atomic mass is 35.5. The number of hydrogen-bond donors (Lipinski definition) is 1. The van der Waals surface area contributed by atoms with Crippen LogP contribution in [0.15, 0.2) is 0 Å². The number of rotatable bonds is 3. The molecule has 13 heavy (non-hydrogen) atoms. The second-order valence-electron chi connectivity index (χ2n) is 3.50. The summed E-state index contributed by atoms with van der Waals surface area (Å²) >= 11 is 0. The zero-order valence-corrected chi connectivity index (χ0v) is 9.53. The van der Waals surface area contributed by atoms with Crippen LogP contribution in [0.5, 0.6) is 0 Å². The third-order valence-corrected chi connectivity index (χ3v) is 4.94. The summed E-state index contributed by atoms with van der Waals surface area (Å²) < 4.78 is 23.1. The van der Waals surface area contributed by atoms with Crippen LogP contribution in [0, 0.1) is 0 Å². The molecular weight excluding hydrogens is 210 g/mol. The summed E-state index contributed by atoms with van der Waals surface area (Å²) in [5.74, 6) is 0.297. The molecule has 5 heteroatoms. The van der Waals surface area contributed by atoms with Gasteiger partial charge in [0.2, 0.25) is 0 Å². The van der Waals surface area contributed by atoms with E-state index in [1.165, 1.54) is 0 Å². The molecule has 2 N–H and O–H groups in total. The highest BCUT2D eigenvalue weighted by Gasteiger charge is 2.34. The van der Waals surface area contributed by atoms with E-state index in [1.54, 1.807) is 0 Å². The van der Waals surface area contributed by atoms with Gasteiger partial charge in [-0.2, -0.15) is 0 Å². The maximum absolute atomic E-state index is 11.6. The summed E-state index contributed by atoms with van der Waals surface area (Å²) in [6, 6.07) is -0.110. The Morgan fingerprint density at radius 3 is 2.38 bits per heavy atom. The topological polar surface area (TPSA) is 60.2 Å². The van der Waals surface area contributed by atoms with E-state index < -0.39 is 9.84 Å². The second kappa shape index (κ2) is 5.17. The van der Waals surface area contributed by atoms with Crippen molar-refractivity contribution in [3.05, 3.63) is 0 Å². The Hall–Kier alpha value is 0.200. The van der Waals surface area contributed by atoms with Crippen molar-refractivity contribution in [3.8, 4) is 0 Å². The molecule has 1 saturated carbocycles. The van der Waals surface area contributed by atoms with Crippen LogP contribution in [0.25, 0.3) is 0 Å². The molecule has 0 spiro atoms. The summed E-state index contributed by atoms with van der Waals surface area (Å²) in [5.41, 5.74) is 5.72. The SMILES string of the molecule is CCCS(=O)(=O)C1CCCC1N.Cl. The van der Waals surface area contributed by atoms with Crippen molar-refractivity contribution in [2.75, 3.05) is 5.75 Å². The lowest BCUT2D eigenvalue weighted by Crippen LogP contribution is -2.36. The molecule has 1 aliphatic rings. The van der Waals surface area contributed by atoms with Crippen molar-refractivity contribution in [1.29, 1.82) is 0 Å². The van der Waals surface area contributed by atoms with Gasteiger partial charge < -0.3 is 5.73 Å². The van der Waals surface area contributed by atoms with Gasteiger partial charge in [-0.1, -0.05) is 13.3 Å². The third-order valence-electron chi connectivity index (χ3n) is 2.45. The molecule has 2 atom stereocenters. The summed E-state index contributed by atoms with van der Waals surface area (Å²) in [4.78, 5) is 0. The van der Waals surface area contributed by atoms with Gasteiger partial charge in [0.25, 0.3) is 0 Å². The largest absolute Gasteiger partial charge is 0.327 e. The molecule has 0 radical (unpaired) electrons. The number of sulfone groups is 1. The van der Waals surface area contributed by atoms with Crippen LogP contribution in [0.1, 0.15) is 32.6 Å². The first kappa shape index (κ1) is 13.2. The van der Waals surface area contributed by atoms with Crippen LogP contribution in [-0.4, -0.2) is 25.5 Å². The van der Waals surface area contributed by atoms with Crippen LogP contribution >= 0.6 is 12.4 Å². The van der Waals surface area contributed by atoms with Gasteiger partial charge in [-0.25, -0.2) is 8.42 Å². The molecule has 0 aromatic rings. The maximum Gasteiger partial charge on any atom is 0.154 e. The predicted molar refractivity (Wildman–Crippen MR) is 56.9 cm³/mol. The monoisotopic (exact) mass is 227 g/mol. The lowest BCUT2D eigenvalue weighted by atomic mass is 10.3. The van der Waals surface area contributed by atoms with Crippen molar-refractivity contribution in [2.45, 2.75) is 43.9 Å². The van der Waals surface area contributed by atoms with Gasteiger partial charge in [-0.3, -0.25) is 0 Å². The molecule has 0 bridgehead atoms. The Balaban J connectivity index is 0.00000144. The highest BCUT2D eigenvalue weighted by molar-refractivity contribution is 7.92. The first-order valence-electron chi connectivity index (χ1n) is 4.55. The molecule has 0 aromatic carbocycles. The Kier molecular flexibility index (Phi) is 5.25. The quantitative estimate of drug-likeness (QED) is 0.786. The van der Waals surface area contributed by atoms with Crippen molar-refractivity contribution in [3.63, 3.8) is 0 Å². The molecule has 0 aliphatic heterocycles. The molecule has 3 nitrogen and oxygen atoms in total. The van der Waals surface area contributed by atoms with Crippen molar-refractivity contribution < 1.29 is 8.42 Å². The van der Waals surface area contributed by atoms with Crippen LogP contribution in [0.2, 0.25) is 0 Å². The normalized spacial score (nSPS) is 28.5. The standard InChI is InChI=1S/C8H17NO2S.ClH/c1-2-6-12(10,11)8-5-3-4-7(8)9;/h7-8H,2-6,9H2,1H3;1H. The molecular formula is C8H18ClNO2S. The zero-order chi connectivity index (χ0) is 9.19. The predicted octanol–water partition coefficient (Wildman–Crippen LogP) is 1.11. The average Bonchev–Trinajstić information content (AvgIpc) is 2.35. The van der Waals surface area contributed by atoms with Gasteiger partial charge in [-0.15, -0.1) is 12.4 Å². The van der Waals surface area contributed by atoms with Gasteiger partial charge in [0, 0.05) is 6.04 Å². The van der Waals surface area contributed by atoms with Crippen LogP contribution in [-0.2, 0) is 9.84 Å². The Morgan fingerprint density at radius 1 is 1.38 bits per heavy atom. The van der Waals surface area contributed by atoms with E-state index >= 15 is 0 Å². The molecule has 1 rings (SSSR count). The lowest BCUT2D eigenvalue weighted by molar-refractivity contribution is 0.567. The number of halogens is 1. The van der Waals surface area contributed by atoms with E-state index in [2.05, 4.69) is 0 Å². The highest BCUT2D eigenvalue weighted by Crippen LogP contribution is 2.24. The van der Waals surface area contributed by atoms with E-state index in [4.69, 9.17) is 5.73 Å². The molecule has 0 amide bonds. The van der Waals surface area contributed by atoms with Crippen LogP contribution in [0.3, 0.4) is 0 Å². The Bertz CT molecular complexity index is 241. The third kappa shape index (κ3) is 3.11. The molecule has 0 aromatic heterocycles. The fourth-order valence-corrected chi connectivity index (χ4v) is 3.90. The van der Waals surface area contributed by atoms with Gasteiger partial charge in [-0.05, 0) is 19.3 Å². The molecule has 0 saturated heterocycles. The first-order chi connectivity index (χ1) is 5.58. The summed E-state index contributed by atoms with van der Waals surface area (Å²) in [5, 5.41) is -0.252. The second-order valence-corrected chi connectivity index (χ2v) is 5.84. The van der Waals surface area contributed by atoms with E-state index in [9.17, 15) is 8.42 Å². The lowest BCUT2D eigenvalue weighted by Gasteiger charge is -2.15. The van der Waals surface area contributed by atoms with E-state index in [1.807, 2.05) is 6.92 Å². The van der Waals surface area contributed by atoms with Crippen molar-refractivity contribution in [1.82, 2.24) is 0 Å². The van der Waals surface area contributed by atoms with Crippen LogP contribution in [0.4, 0.5) is 0 Å². The molecule has 1 fully saturated rings. The Morgan fingerprint density at radius 2 is 2.00 bits per heavy atom. The molecule has 1 aliphatic carbocycles. The van der Waals surface area contributed by atoms with Gasteiger partial charge in [0.15, 0.2) is 9.84 Å². The van der Waals surface area contributed by atoms with Crippen molar-refractivity contribution >= 4 is 22.2 Å². The summed E-state index contributed by atoms with van der Waals surface area (Å²) in [7, 11) is -2.88. The first-order valence-corrected chi connectivity index (χ1v) is 6.26. The minimum Gasteiger partial charge on any atom is -0.327 e. The van der Waals surface area contributed by atoms with E-state index in [-0.39, 0.29) is 23.7 Å². The number of hydrogen-bond acceptors (Lipinski definition) is 3. The molecule has 2 unspecified atom stereocenters. The molecule has 0 heterocycles. The smallest absolute Gasteiger partial charge is 0.154 e. The fourth-order valence-electron chi connectivity index (χ4n) is 1.84. The minimum absolute atomic E-state index is 0. The minimum atomic E-state index is -2.88.